The van der Waals surface area contributed by atoms with Gasteiger partial charge in [-0.25, -0.2) is 0 Å². The Morgan fingerprint density at radius 2 is 1.70 bits per heavy atom. The number of fused-ring (bicyclic) bond motifs is 1. The number of hydrogen-bond donors (Lipinski definition) is 1. The Bertz CT molecular complexity index is 819. The highest BCUT2D eigenvalue weighted by Crippen LogP contribution is 2.28. The number of carbonyl (C=O) groups is 3. The molecule has 0 atom stereocenters. The average molecular weight is 349 g/mol. The maximum absolute atomic E-state index is 12.3. The van der Waals surface area contributed by atoms with E-state index in [9.17, 15) is 14.4 Å². The molecule has 23 heavy (non-hydrogen) atoms. The molecule has 3 amide bonds. The molecule has 116 valence electrons. The van der Waals surface area contributed by atoms with E-state index < -0.39 is 17.7 Å². The SMILES string of the molecule is O=C(CN1C(=O)c2cccc(Cl)c2C1=O)Nc1ccc(Cl)cc1. The molecule has 0 saturated heterocycles. The average Bonchev–Trinajstić information content (AvgIpc) is 2.76. The number of rotatable bonds is 3. The molecule has 5 nitrogen and oxygen atoms in total. The van der Waals surface area contributed by atoms with Crippen molar-refractivity contribution in [1.82, 2.24) is 4.90 Å². The van der Waals surface area contributed by atoms with Crippen molar-refractivity contribution in [3.8, 4) is 0 Å². The Morgan fingerprint density at radius 3 is 2.35 bits per heavy atom. The second kappa shape index (κ2) is 6.02. The van der Waals surface area contributed by atoms with Gasteiger partial charge in [0.15, 0.2) is 0 Å². The van der Waals surface area contributed by atoms with Gasteiger partial charge in [-0.15, -0.1) is 0 Å². The second-order valence-electron chi connectivity index (χ2n) is 4.91. The molecule has 0 aliphatic carbocycles. The molecule has 1 N–H and O–H groups in total. The molecule has 0 unspecified atom stereocenters. The largest absolute Gasteiger partial charge is 0.325 e. The molecule has 0 bridgehead atoms. The van der Waals surface area contributed by atoms with E-state index in [0.29, 0.717) is 10.7 Å². The third kappa shape index (κ3) is 2.93. The molecule has 0 fully saturated rings. The Balaban J connectivity index is 1.75. The number of imide groups is 1. The lowest BCUT2D eigenvalue weighted by Crippen LogP contribution is -2.37. The van der Waals surface area contributed by atoms with Crippen molar-refractivity contribution in [3.63, 3.8) is 0 Å². The summed E-state index contributed by atoms with van der Waals surface area (Å²) >= 11 is 11.7. The zero-order valence-corrected chi connectivity index (χ0v) is 13.2. The lowest BCUT2D eigenvalue weighted by Gasteiger charge is -2.13. The molecule has 2 aromatic carbocycles. The summed E-state index contributed by atoms with van der Waals surface area (Å²) in [6.07, 6.45) is 0. The van der Waals surface area contributed by atoms with Crippen LogP contribution < -0.4 is 5.32 Å². The highest BCUT2D eigenvalue weighted by molar-refractivity contribution is 6.37. The maximum Gasteiger partial charge on any atom is 0.263 e. The topological polar surface area (TPSA) is 66.5 Å². The lowest BCUT2D eigenvalue weighted by atomic mass is 10.1. The number of nitrogens with zero attached hydrogens (tertiary/aromatic N) is 1. The minimum atomic E-state index is -0.568. The molecule has 0 saturated carbocycles. The molecule has 0 aromatic heterocycles. The standard InChI is InChI=1S/C16H10Cl2N2O3/c17-9-4-6-10(7-5-9)19-13(21)8-20-15(22)11-2-1-3-12(18)14(11)16(20)23/h1-7H,8H2,(H,19,21). The van der Waals surface area contributed by atoms with Crippen molar-refractivity contribution in [2.45, 2.75) is 0 Å². The predicted molar refractivity (Wildman–Crippen MR) is 86.9 cm³/mol. The molecule has 0 spiro atoms. The van der Waals surface area contributed by atoms with Crippen LogP contribution in [0, 0.1) is 0 Å². The third-order valence-corrected chi connectivity index (χ3v) is 3.94. The van der Waals surface area contributed by atoms with Crippen molar-refractivity contribution in [1.29, 1.82) is 0 Å². The first-order valence-electron chi connectivity index (χ1n) is 6.67. The molecule has 1 heterocycles. The van der Waals surface area contributed by atoms with Gasteiger partial charge in [0.05, 0.1) is 16.1 Å². The van der Waals surface area contributed by atoms with Crippen LogP contribution in [0.4, 0.5) is 5.69 Å². The maximum atomic E-state index is 12.3. The Kier molecular flexibility index (Phi) is 4.07. The van der Waals surface area contributed by atoms with Crippen LogP contribution in [0.1, 0.15) is 20.7 Å². The quantitative estimate of drug-likeness (QED) is 0.866. The van der Waals surface area contributed by atoms with E-state index in [1.54, 1.807) is 30.3 Å². The van der Waals surface area contributed by atoms with Crippen LogP contribution in [0.3, 0.4) is 0 Å². The minimum Gasteiger partial charge on any atom is -0.325 e. The minimum absolute atomic E-state index is 0.137. The molecule has 1 aliphatic rings. The molecule has 7 heteroatoms. The fourth-order valence-electron chi connectivity index (χ4n) is 2.31. The van der Waals surface area contributed by atoms with Crippen LogP contribution in [0.5, 0.6) is 0 Å². The number of halogens is 2. The van der Waals surface area contributed by atoms with Gasteiger partial charge < -0.3 is 5.32 Å². The summed E-state index contributed by atoms with van der Waals surface area (Å²) in [4.78, 5) is 37.5. The normalized spacial score (nSPS) is 13.2. The Labute approximate surface area is 141 Å². The first kappa shape index (κ1) is 15.5. The lowest BCUT2D eigenvalue weighted by molar-refractivity contribution is -0.116. The van der Waals surface area contributed by atoms with Crippen LogP contribution in [0.2, 0.25) is 10.0 Å². The van der Waals surface area contributed by atoms with Gasteiger partial charge >= 0.3 is 0 Å². The zero-order valence-electron chi connectivity index (χ0n) is 11.7. The third-order valence-electron chi connectivity index (χ3n) is 3.38. The highest BCUT2D eigenvalue weighted by Gasteiger charge is 2.38. The Hall–Kier alpha value is -2.37. The van der Waals surface area contributed by atoms with Gasteiger partial charge in [0.25, 0.3) is 11.8 Å². The number of hydrogen-bond acceptors (Lipinski definition) is 3. The van der Waals surface area contributed by atoms with Crippen LogP contribution in [-0.2, 0) is 4.79 Å². The van der Waals surface area contributed by atoms with Crippen molar-refractivity contribution >= 4 is 46.6 Å². The number of nitrogens with one attached hydrogen (secondary N) is 1. The molecular weight excluding hydrogens is 339 g/mol. The van der Waals surface area contributed by atoms with Gasteiger partial charge in [-0.1, -0.05) is 29.3 Å². The summed E-state index contributed by atoms with van der Waals surface area (Å²) in [6, 6.07) is 11.1. The van der Waals surface area contributed by atoms with Gasteiger partial charge in [0.2, 0.25) is 5.91 Å². The summed E-state index contributed by atoms with van der Waals surface area (Å²) < 4.78 is 0. The first-order valence-corrected chi connectivity index (χ1v) is 7.43. The molecule has 1 aliphatic heterocycles. The summed E-state index contributed by atoms with van der Waals surface area (Å²) in [5, 5.41) is 3.34. The van der Waals surface area contributed by atoms with Gasteiger partial charge in [-0.05, 0) is 36.4 Å². The zero-order chi connectivity index (χ0) is 16.6. The summed E-state index contributed by atoms with van der Waals surface area (Å²) in [7, 11) is 0. The number of amides is 3. The monoisotopic (exact) mass is 348 g/mol. The van der Waals surface area contributed by atoms with Gasteiger partial charge in [0.1, 0.15) is 6.54 Å². The van der Waals surface area contributed by atoms with Gasteiger partial charge in [-0.2, -0.15) is 0 Å². The fraction of sp³-hybridized carbons (Fsp3) is 0.0625. The van der Waals surface area contributed by atoms with E-state index >= 15 is 0 Å². The summed E-state index contributed by atoms with van der Waals surface area (Å²) in [5.41, 5.74) is 0.870. The van der Waals surface area contributed by atoms with Crippen molar-refractivity contribution < 1.29 is 14.4 Å². The second-order valence-corrected chi connectivity index (χ2v) is 5.76. The van der Waals surface area contributed by atoms with Crippen LogP contribution in [0.15, 0.2) is 42.5 Å². The van der Waals surface area contributed by atoms with E-state index in [4.69, 9.17) is 23.2 Å². The molecule has 2 aromatic rings. The smallest absolute Gasteiger partial charge is 0.263 e. The summed E-state index contributed by atoms with van der Waals surface area (Å²) in [5.74, 6) is -1.58. The number of anilines is 1. The molecular formula is C16H10Cl2N2O3. The first-order chi connectivity index (χ1) is 11.0. The van der Waals surface area contributed by atoms with Crippen LogP contribution in [-0.4, -0.2) is 29.2 Å². The van der Waals surface area contributed by atoms with E-state index in [0.717, 1.165) is 4.90 Å². The van der Waals surface area contributed by atoms with Crippen LogP contribution in [0.25, 0.3) is 0 Å². The van der Waals surface area contributed by atoms with E-state index in [2.05, 4.69) is 5.32 Å². The van der Waals surface area contributed by atoms with Crippen molar-refractivity contribution in [2.75, 3.05) is 11.9 Å². The van der Waals surface area contributed by atoms with Gasteiger partial charge in [-0.3, -0.25) is 19.3 Å². The van der Waals surface area contributed by atoms with Crippen molar-refractivity contribution in [3.05, 3.63) is 63.6 Å². The van der Waals surface area contributed by atoms with E-state index in [-0.39, 0.29) is 22.7 Å². The van der Waals surface area contributed by atoms with E-state index in [1.807, 2.05) is 0 Å². The van der Waals surface area contributed by atoms with Crippen LogP contribution >= 0.6 is 23.2 Å². The fourth-order valence-corrected chi connectivity index (χ4v) is 2.69. The summed E-state index contributed by atoms with van der Waals surface area (Å²) in [6.45, 7) is -0.384. The Morgan fingerprint density at radius 1 is 1.00 bits per heavy atom. The van der Waals surface area contributed by atoms with Crippen molar-refractivity contribution in [2.24, 2.45) is 0 Å². The highest BCUT2D eigenvalue weighted by atomic mass is 35.5. The van der Waals surface area contributed by atoms with Gasteiger partial charge in [0, 0.05) is 10.7 Å². The van der Waals surface area contributed by atoms with E-state index in [1.165, 1.54) is 12.1 Å². The number of carbonyl (C=O) groups excluding carboxylic acids is 3. The predicted octanol–water partition coefficient (Wildman–Crippen LogP) is 3.23. The molecule has 0 radical (unpaired) electrons. The number of benzene rings is 2. The molecule has 3 rings (SSSR count).